The average molecular weight is 429 g/mol. The number of esters is 1. The van der Waals surface area contributed by atoms with Crippen LogP contribution in [0, 0.1) is 5.92 Å². The number of methoxy groups -OCH3 is 1. The molecule has 2 fully saturated rings. The number of nitrogens with two attached hydrogens (primary N) is 1. The van der Waals surface area contributed by atoms with Crippen molar-refractivity contribution < 1.29 is 9.53 Å². The highest BCUT2D eigenvalue weighted by molar-refractivity contribution is 5.99. The second-order valence-corrected chi connectivity index (χ2v) is 10.1. The summed E-state index contributed by atoms with van der Waals surface area (Å²) >= 11 is 0. The lowest BCUT2D eigenvalue weighted by Gasteiger charge is -2.24. The number of aromatic nitrogens is 1. The first-order valence-electron chi connectivity index (χ1n) is 12.2. The normalized spacial score (nSPS) is 25.1. The van der Waals surface area contributed by atoms with Gasteiger partial charge in [0.2, 0.25) is 0 Å². The molecular weight excluding hydrogens is 396 g/mol. The van der Waals surface area contributed by atoms with Crippen LogP contribution in [0.4, 0.5) is 0 Å². The van der Waals surface area contributed by atoms with Gasteiger partial charge in [-0.2, -0.15) is 0 Å². The van der Waals surface area contributed by atoms with Gasteiger partial charge < -0.3 is 15.0 Å². The first-order valence-corrected chi connectivity index (χ1v) is 12.2. The summed E-state index contributed by atoms with van der Waals surface area (Å²) in [6.07, 6.45) is 8.59. The van der Waals surface area contributed by atoms with Crippen LogP contribution in [0.5, 0.6) is 0 Å². The molecule has 1 aromatic heterocycles. The lowest BCUT2D eigenvalue weighted by atomic mass is 9.80. The Morgan fingerprint density at radius 1 is 1.06 bits per heavy atom. The minimum Gasteiger partial charge on any atom is -0.465 e. The lowest BCUT2D eigenvalue weighted by molar-refractivity contribution is 0.0601. The van der Waals surface area contributed by atoms with E-state index in [0.29, 0.717) is 23.3 Å². The van der Waals surface area contributed by atoms with Gasteiger partial charge in [-0.25, -0.2) is 4.79 Å². The molecule has 4 nitrogen and oxygen atoms in total. The molecule has 4 heteroatoms. The maximum absolute atomic E-state index is 12.4. The van der Waals surface area contributed by atoms with Crippen molar-refractivity contribution in [1.82, 2.24) is 4.57 Å². The molecule has 2 N–H and O–H groups in total. The maximum Gasteiger partial charge on any atom is 0.337 e. The van der Waals surface area contributed by atoms with Crippen LogP contribution in [0.15, 0.2) is 42.5 Å². The Morgan fingerprint density at radius 3 is 2.69 bits per heavy atom. The van der Waals surface area contributed by atoms with E-state index in [1.54, 1.807) is 0 Å². The molecule has 6 rings (SSSR count). The molecule has 3 aliphatic rings. The second kappa shape index (κ2) is 7.77. The molecule has 0 spiro atoms. The van der Waals surface area contributed by atoms with Crippen molar-refractivity contribution in [2.24, 2.45) is 11.7 Å². The van der Waals surface area contributed by atoms with Crippen molar-refractivity contribution in [1.29, 1.82) is 0 Å². The molecule has 0 amide bonds. The molecular formula is C28H32N2O2. The number of nitrogens with zero attached hydrogens (tertiary/aromatic N) is 1. The Hall–Kier alpha value is -2.59. The molecule has 3 unspecified atom stereocenters. The van der Waals surface area contributed by atoms with Crippen molar-refractivity contribution >= 4 is 16.9 Å². The Labute approximate surface area is 189 Å². The first-order chi connectivity index (χ1) is 15.7. The number of ether oxygens (including phenoxy) is 1. The van der Waals surface area contributed by atoms with Gasteiger partial charge in [0.1, 0.15) is 0 Å². The summed E-state index contributed by atoms with van der Waals surface area (Å²) in [7, 11) is 1.46. The van der Waals surface area contributed by atoms with E-state index >= 15 is 0 Å². The van der Waals surface area contributed by atoms with Crippen molar-refractivity contribution in [3.63, 3.8) is 0 Å². The zero-order valence-electron chi connectivity index (χ0n) is 18.8. The molecule has 166 valence electrons. The fraction of sp³-hybridized carbons (Fsp3) is 0.464. The fourth-order valence-electron chi connectivity index (χ4n) is 6.93. The van der Waals surface area contributed by atoms with E-state index < -0.39 is 0 Å². The Bertz CT molecular complexity index is 1190. The highest BCUT2D eigenvalue weighted by atomic mass is 16.5. The number of hydrogen-bond acceptors (Lipinski definition) is 3. The number of carbonyl (C=O) groups is 1. The summed E-state index contributed by atoms with van der Waals surface area (Å²) < 4.78 is 7.59. The zero-order chi connectivity index (χ0) is 21.8. The molecule has 3 aromatic rings. The number of fused-ring (bicyclic) bond motifs is 7. The molecule has 0 saturated heterocycles. The predicted molar refractivity (Wildman–Crippen MR) is 128 cm³/mol. The number of hydrogen-bond donors (Lipinski definition) is 1. The Morgan fingerprint density at radius 2 is 1.88 bits per heavy atom. The largest absolute Gasteiger partial charge is 0.465 e. The average Bonchev–Trinajstić information content (AvgIpc) is 3.32. The highest BCUT2D eigenvalue weighted by Crippen LogP contribution is 2.51. The third-order valence-corrected chi connectivity index (χ3v) is 8.30. The third kappa shape index (κ3) is 3.03. The van der Waals surface area contributed by atoms with Crippen LogP contribution in [-0.2, 0) is 11.3 Å². The van der Waals surface area contributed by atoms with Crippen LogP contribution in [0.25, 0.3) is 22.2 Å². The number of benzene rings is 2. The Kier molecular flexibility index (Phi) is 4.87. The minimum atomic E-state index is -0.267. The van der Waals surface area contributed by atoms with Gasteiger partial charge >= 0.3 is 5.97 Å². The van der Waals surface area contributed by atoms with Gasteiger partial charge in [0, 0.05) is 29.1 Å². The highest BCUT2D eigenvalue weighted by Gasteiger charge is 2.39. The molecule has 32 heavy (non-hydrogen) atoms. The summed E-state index contributed by atoms with van der Waals surface area (Å²) in [6, 6.07) is 15.5. The SMILES string of the molecule is COC(=O)c1ccc2c(C3CCCCC3)c3n(c2c1)CC1CC(N)CC1c1ccccc1-3. The first kappa shape index (κ1) is 20.0. The van der Waals surface area contributed by atoms with Crippen LogP contribution in [0.1, 0.15) is 78.3 Å². The zero-order valence-corrected chi connectivity index (χ0v) is 18.8. The standard InChI is InChI=1S/C28H32N2O2/c1-32-28(31)18-11-12-23-25(14-18)30-16-19-13-20(29)15-24(19)21-9-5-6-10-22(21)27(30)26(23)17-7-3-2-4-8-17/h5-6,9-12,14,17,19-20,24H,2-4,7-8,13,15-16,29H2,1H3. The van der Waals surface area contributed by atoms with Crippen molar-refractivity contribution in [2.75, 3.05) is 7.11 Å². The van der Waals surface area contributed by atoms with Gasteiger partial charge in [0.05, 0.1) is 18.4 Å². The van der Waals surface area contributed by atoms with E-state index in [0.717, 1.165) is 19.4 Å². The summed E-state index contributed by atoms with van der Waals surface area (Å²) in [4.78, 5) is 12.4. The molecule has 1 aliphatic heterocycles. The fourth-order valence-corrected chi connectivity index (χ4v) is 6.93. The van der Waals surface area contributed by atoms with Gasteiger partial charge in [-0.05, 0) is 66.7 Å². The molecule has 2 heterocycles. The van der Waals surface area contributed by atoms with Crippen LogP contribution in [0.3, 0.4) is 0 Å². The monoisotopic (exact) mass is 428 g/mol. The predicted octanol–water partition coefficient (Wildman–Crippen LogP) is 5.98. The van der Waals surface area contributed by atoms with Gasteiger partial charge in [-0.1, -0.05) is 49.6 Å². The minimum absolute atomic E-state index is 0.267. The molecule has 0 radical (unpaired) electrons. The van der Waals surface area contributed by atoms with E-state index in [9.17, 15) is 4.79 Å². The third-order valence-electron chi connectivity index (χ3n) is 8.30. The second-order valence-electron chi connectivity index (χ2n) is 10.1. The van der Waals surface area contributed by atoms with Crippen molar-refractivity contribution in [3.05, 3.63) is 59.2 Å². The molecule has 2 aromatic carbocycles. The van der Waals surface area contributed by atoms with E-state index in [1.807, 2.05) is 6.07 Å². The Balaban J connectivity index is 1.65. The number of rotatable bonds is 2. The summed E-state index contributed by atoms with van der Waals surface area (Å²) in [6.45, 7) is 0.968. The van der Waals surface area contributed by atoms with Gasteiger partial charge in [0.25, 0.3) is 0 Å². The molecule has 3 atom stereocenters. The summed E-state index contributed by atoms with van der Waals surface area (Å²) in [5, 5.41) is 1.31. The van der Waals surface area contributed by atoms with Crippen molar-refractivity contribution in [3.8, 4) is 11.3 Å². The maximum atomic E-state index is 12.4. The lowest BCUT2D eigenvalue weighted by Crippen LogP contribution is -2.16. The summed E-state index contributed by atoms with van der Waals surface area (Å²) in [5.41, 5.74) is 14.0. The molecule has 0 bridgehead atoms. The van der Waals surface area contributed by atoms with E-state index in [1.165, 1.54) is 72.5 Å². The number of carbonyl (C=O) groups excluding carboxylic acids is 1. The van der Waals surface area contributed by atoms with Crippen LogP contribution in [0.2, 0.25) is 0 Å². The van der Waals surface area contributed by atoms with E-state index in [2.05, 4.69) is 41.0 Å². The van der Waals surface area contributed by atoms with Gasteiger partial charge in [-0.3, -0.25) is 0 Å². The quantitative estimate of drug-likeness (QED) is 0.511. The van der Waals surface area contributed by atoms with Gasteiger partial charge in [0.15, 0.2) is 0 Å². The summed E-state index contributed by atoms with van der Waals surface area (Å²) in [5.74, 6) is 1.36. The smallest absolute Gasteiger partial charge is 0.337 e. The van der Waals surface area contributed by atoms with E-state index in [-0.39, 0.29) is 12.0 Å². The van der Waals surface area contributed by atoms with Crippen LogP contribution in [-0.4, -0.2) is 23.7 Å². The van der Waals surface area contributed by atoms with Crippen molar-refractivity contribution in [2.45, 2.75) is 69.4 Å². The topological polar surface area (TPSA) is 57.2 Å². The van der Waals surface area contributed by atoms with Gasteiger partial charge in [-0.15, -0.1) is 0 Å². The van der Waals surface area contributed by atoms with E-state index in [4.69, 9.17) is 10.5 Å². The van der Waals surface area contributed by atoms with Crippen LogP contribution >= 0.6 is 0 Å². The molecule has 2 aliphatic carbocycles. The molecule has 2 saturated carbocycles. The van der Waals surface area contributed by atoms with Crippen LogP contribution < -0.4 is 5.73 Å².